The van der Waals surface area contributed by atoms with Crippen molar-refractivity contribution in [1.82, 2.24) is 9.29 Å². The van der Waals surface area contributed by atoms with Crippen molar-refractivity contribution in [2.24, 2.45) is 7.05 Å². The Kier molecular flexibility index (Phi) is 6.91. The van der Waals surface area contributed by atoms with Crippen molar-refractivity contribution in [2.45, 2.75) is 17.4 Å². The summed E-state index contributed by atoms with van der Waals surface area (Å²) in [4.78, 5) is 24.3. The number of hydrogen-bond donors (Lipinski definition) is 2. The Labute approximate surface area is 182 Å². The van der Waals surface area contributed by atoms with Crippen molar-refractivity contribution >= 4 is 56.1 Å². The van der Waals surface area contributed by atoms with Gasteiger partial charge in [-0.2, -0.15) is 16.5 Å². The molecule has 0 radical (unpaired) electrons. The maximum absolute atomic E-state index is 12.9. The monoisotopic (exact) mass is 469 g/mol. The molecule has 11 heteroatoms. The van der Waals surface area contributed by atoms with Gasteiger partial charge in [-0.25, -0.2) is 13.2 Å². The normalized spacial score (nSPS) is 12.8. The molecule has 160 valence electrons. The summed E-state index contributed by atoms with van der Waals surface area (Å²) in [5, 5.41) is 3.22. The molecule has 0 spiro atoms. The third-order valence-corrected chi connectivity index (χ3v) is 6.78. The number of benzene rings is 2. The van der Waals surface area contributed by atoms with Crippen molar-refractivity contribution in [1.29, 1.82) is 0 Å². The van der Waals surface area contributed by atoms with Gasteiger partial charge in [-0.05, 0) is 54.8 Å². The van der Waals surface area contributed by atoms with E-state index in [0.717, 1.165) is 0 Å². The molecule has 1 atom stereocenters. The fourth-order valence-electron chi connectivity index (χ4n) is 2.78. The van der Waals surface area contributed by atoms with Crippen LogP contribution in [0.25, 0.3) is 11.1 Å². The summed E-state index contributed by atoms with van der Waals surface area (Å²) in [5.41, 5.74) is 1.13. The average molecular weight is 470 g/mol. The lowest BCUT2D eigenvalue weighted by Crippen LogP contribution is -2.44. The van der Waals surface area contributed by atoms with Crippen molar-refractivity contribution in [3.8, 4) is 0 Å². The summed E-state index contributed by atoms with van der Waals surface area (Å²) >= 11 is 7.35. The van der Waals surface area contributed by atoms with Gasteiger partial charge >= 0.3 is 5.76 Å². The summed E-state index contributed by atoms with van der Waals surface area (Å²) in [7, 11) is -2.51. The minimum absolute atomic E-state index is 0.0993. The first kappa shape index (κ1) is 22.4. The predicted octanol–water partition coefficient (Wildman–Crippen LogP) is 2.82. The molecule has 0 aliphatic heterocycles. The first-order valence-corrected chi connectivity index (χ1v) is 12.1. The maximum atomic E-state index is 12.9. The quantitative estimate of drug-likeness (QED) is 0.525. The van der Waals surface area contributed by atoms with E-state index in [9.17, 15) is 18.0 Å². The Morgan fingerprint density at radius 1 is 1.23 bits per heavy atom. The van der Waals surface area contributed by atoms with Gasteiger partial charge in [0.05, 0.1) is 10.4 Å². The molecule has 1 heterocycles. The molecule has 3 rings (SSSR count). The lowest BCUT2D eigenvalue weighted by Gasteiger charge is -2.18. The van der Waals surface area contributed by atoms with E-state index in [1.54, 1.807) is 24.3 Å². The molecular weight excluding hydrogens is 450 g/mol. The van der Waals surface area contributed by atoms with Crippen LogP contribution in [0.4, 0.5) is 5.69 Å². The molecule has 0 aliphatic rings. The zero-order valence-corrected chi connectivity index (χ0v) is 18.6. The van der Waals surface area contributed by atoms with E-state index in [4.69, 9.17) is 16.0 Å². The maximum Gasteiger partial charge on any atom is 0.419 e. The van der Waals surface area contributed by atoms with Crippen molar-refractivity contribution in [3.05, 3.63) is 58.0 Å². The molecular formula is C19H20ClN3O5S2. The first-order chi connectivity index (χ1) is 14.2. The summed E-state index contributed by atoms with van der Waals surface area (Å²) in [6.07, 6.45) is 2.16. The van der Waals surface area contributed by atoms with E-state index in [1.807, 2.05) is 6.26 Å². The highest BCUT2D eigenvalue weighted by Gasteiger charge is 2.26. The zero-order valence-electron chi connectivity index (χ0n) is 16.2. The first-order valence-electron chi connectivity index (χ1n) is 8.88. The number of carbonyl (C=O) groups is 1. The van der Waals surface area contributed by atoms with E-state index in [-0.39, 0.29) is 10.5 Å². The van der Waals surface area contributed by atoms with Gasteiger partial charge in [0, 0.05) is 23.8 Å². The van der Waals surface area contributed by atoms with Gasteiger partial charge < -0.3 is 9.73 Å². The predicted molar refractivity (Wildman–Crippen MR) is 119 cm³/mol. The van der Waals surface area contributed by atoms with Crippen LogP contribution in [-0.4, -0.2) is 36.9 Å². The van der Waals surface area contributed by atoms with Gasteiger partial charge in [-0.15, -0.1) is 0 Å². The van der Waals surface area contributed by atoms with Crippen molar-refractivity contribution in [2.75, 3.05) is 17.3 Å². The number of thioether (sulfide) groups is 1. The molecule has 0 aliphatic carbocycles. The largest absolute Gasteiger partial charge is 0.419 e. The van der Waals surface area contributed by atoms with Crippen LogP contribution < -0.4 is 15.8 Å². The minimum Gasteiger partial charge on any atom is -0.408 e. The molecule has 1 aromatic heterocycles. The topological polar surface area (TPSA) is 110 Å². The number of carbonyl (C=O) groups excluding carboxylic acids is 1. The van der Waals surface area contributed by atoms with Crippen LogP contribution in [0.3, 0.4) is 0 Å². The number of amides is 1. The number of oxazole rings is 1. The number of rotatable bonds is 8. The number of nitrogens with one attached hydrogen (secondary N) is 2. The van der Waals surface area contributed by atoms with Crippen LogP contribution in [0.1, 0.15) is 6.42 Å². The number of halogens is 1. The van der Waals surface area contributed by atoms with Crippen LogP contribution >= 0.6 is 23.4 Å². The van der Waals surface area contributed by atoms with E-state index < -0.39 is 27.7 Å². The van der Waals surface area contributed by atoms with E-state index >= 15 is 0 Å². The third kappa shape index (κ3) is 5.07. The fraction of sp³-hybridized carbons (Fsp3) is 0.263. The lowest BCUT2D eigenvalue weighted by atomic mass is 10.2. The van der Waals surface area contributed by atoms with Crippen molar-refractivity contribution < 1.29 is 17.6 Å². The van der Waals surface area contributed by atoms with Crippen LogP contribution in [0, 0.1) is 0 Å². The van der Waals surface area contributed by atoms with Gasteiger partial charge in [-0.3, -0.25) is 9.36 Å². The number of aromatic nitrogens is 1. The molecule has 0 fully saturated rings. The Morgan fingerprint density at radius 2 is 1.93 bits per heavy atom. The number of hydrogen-bond acceptors (Lipinski definition) is 6. The molecule has 30 heavy (non-hydrogen) atoms. The number of sulfonamides is 1. The Hall–Kier alpha value is -2.27. The molecule has 0 unspecified atom stereocenters. The number of aryl methyl sites for hydroxylation is 1. The Balaban J connectivity index is 1.84. The smallest absolute Gasteiger partial charge is 0.408 e. The molecule has 0 saturated heterocycles. The highest BCUT2D eigenvalue weighted by atomic mass is 35.5. The zero-order chi connectivity index (χ0) is 21.9. The highest BCUT2D eigenvalue weighted by Crippen LogP contribution is 2.19. The van der Waals surface area contributed by atoms with E-state index in [2.05, 4.69) is 10.0 Å². The minimum atomic E-state index is -4.04. The SMILES string of the molecule is CSCC[C@H](NS(=O)(=O)c1ccc2c(c1)oc(=O)n2C)C(=O)Nc1ccc(Cl)cc1. The average Bonchev–Trinajstić information content (AvgIpc) is 3.00. The Morgan fingerprint density at radius 3 is 2.60 bits per heavy atom. The standard InChI is InChI=1S/C19H20ClN3O5S2/c1-23-16-8-7-14(11-17(16)28-19(23)25)30(26,27)22-15(9-10-29-2)18(24)21-13-5-3-12(20)4-6-13/h3-8,11,15,22H,9-10H2,1-2H3,(H,21,24)/t15-/m0/s1. The van der Waals surface area contributed by atoms with Gasteiger partial charge in [0.2, 0.25) is 15.9 Å². The fourth-order valence-corrected chi connectivity index (χ4v) is 4.62. The van der Waals surface area contributed by atoms with E-state index in [1.165, 1.54) is 41.6 Å². The summed E-state index contributed by atoms with van der Waals surface area (Å²) in [6, 6.07) is 9.64. The van der Waals surface area contributed by atoms with Crippen LogP contribution in [0.5, 0.6) is 0 Å². The molecule has 0 saturated carbocycles. The second-order valence-electron chi connectivity index (χ2n) is 6.51. The van der Waals surface area contributed by atoms with Crippen LogP contribution in [-0.2, 0) is 21.9 Å². The third-order valence-electron chi connectivity index (χ3n) is 4.41. The van der Waals surface area contributed by atoms with Crippen LogP contribution in [0.15, 0.2) is 56.6 Å². The molecule has 8 nitrogen and oxygen atoms in total. The summed E-state index contributed by atoms with van der Waals surface area (Å²) in [5.74, 6) is -0.497. The highest BCUT2D eigenvalue weighted by molar-refractivity contribution is 7.98. The summed E-state index contributed by atoms with van der Waals surface area (Å²) < 4.78 is 34.6. The number of anilines is 1. The van der Waals surface area contributed by atoms with Crippen molar-refractivity contribution in [3.63, 3.8) is 0 Å². The molecule has 0 bridgehead atoms. The second-order valence-corrected chi connectivity index (χ2v) is 9.64. The Bertz CT molecular complexity index is 1220. The molecule has 2 aromatic carbocycles. The molecule has 3 aromatic rings. The van der Waals surface area contributed by atoms with Gasteiger partial charge in [0.25, 0.3) is 0 Å². The van der Waals surface area contributed by atoms with Crippen LogP contribution in [0.2, 0.25) is 5.02 Å². The van der Waals surface area contributed by atoms with Gasteiger partial charge in [0.15, 0.2) is 5.58 Å². The second kappa shape index (κ2) is 9.25. The van der Waals surface area contributed by atoms with E-state index in [0.29, 0.717) is 28.4 Å². The number of nitrogens with zero attached hydrogens (tertiary/aromatic N) is 1. The molecule has 1 amide bonds. The van der Waals surface area contributed by atoms with Gasteiger partial charge in [0.1, 0.15) is 6.04 Å². The lowest BCUT2D eigenvalue weighted by molar-refractivity contribution is -0.117. The number of fused-ring (bicyclic) bond motifs is 1. The molecule has 2 N–H and O–H groups in total. The summed E-state index contributed by atoms with van der Waals surface area (Å²) in [6.45, 7) is 0. The van der Waals surface area contributed by atoms with Gasteiger partial charge in [-0.1, -0.05) is 11.6 Å².